The Morgan fingerprint density at radius 1 is 1.24 bits per heavy atom. The summed E-state index contributed by atoms with van der Waals surface area (Å²) in [5, 5.41) is 9.05. The number of hydrogen-bond acceptors (Lipinski definition) is 3. The molecule has 6 heteroatoms. The Morgan fingerprint density at radius 2 is 2.00 bits per heavy atom. The molecule has 90 valence electrons. The van der Waals surface area contributed by atoms with E-state index in [0.717, 1.165) is 12.1 Å². The van der Waals surface area contributed by atoms with Gasteiger partial charge in [0.25, 0.3) is 0 Å². The van der Waals surface area contributed by atoms with Gasteiger partial charge in [-0.2, -0.15) is 13.2 Å². The van der Waals surface area contributed by atoms with E-state index in [0.29, 0.717) is 16.7 Å². The molecule has 0 aliphatic heterocycles. The van der Waals surface area contributed by atoms with E-state index in [-0.39, 0.29) is 13.0 Å². The van der Waals surface area contributed by atoms with E-state index in [2.05, 4.69) is 9.97 Å². The standard InChI is InChI=1S/C11H9F3N2O/c12-11(13,14)8-1-2-9-7(5-8)6-15-10(16-9)3-4-17/h1-2,5-6,17H,3-4H2. The molecular formula is C11H9F3N2O. The highest BCUT2D eigenvalue weighted by Gasteiger charge is 2.30. The monoisotopic (exact) mass is 242 g/mol. The molecule has 0 radical (unpaired) electrons. The Kier molecular flexibility index (Phi) is 2.97. The molecule has 0 atom stereocenters. The largest absolute Gasteiger partial charge is 0.416 e. The Balaban J connectivity index is 2.47. The lowest BCUT2D eigenvalue weighted by Gasteiger charge is -2.07. The molecule has 1 aromatic carbocycles. The predicted octanol–water partition coefficient (Wildman–Crippen LogP) is 2.18. The summed E-state index contributed by atoms with van der Waals surface area (Å²) in [5.41, 5.74) is -0.278. The number of nitrogens with zero attached hydrogens (tertiary/aromatic N) is 2. The van der Waals surface area contributed by atoms with Crippen LogP contribution < -0.4 is 0 Å². The zero-order valence-corrected chi connectivity index (χ0v) is 8.70. The molecule has 2 aromatic rings. The van der Waals surface area contributed by atoms with Crippen molar-refractivity contribution in [2.75, 3.05) is 6.61 Å². The van der Waals surface area contributed by atoms with Crippen LogP contribution in [0.5, 0.6) is 0 Å². The molecule has 0 saturated heterocycles. The minimum atomic E-state index is -4.36. The first kappa shape index (κ1) is 11.8. The van der Waals surface area contributed by atoms with Crippen LogP contribution in [-0.2, 0) is 12.6 Å². The van der Waals surface area contributed by atoms with Crippen molar-refractivity contribution in [3.8, 4) is 0 Å². The van der Waals surface area contributed by atoms with Gasteiger partial charge in [0.2, 0.25) is 0 Å². The van der Waals surface area contributed by atoms with E-state index in [4.69, 9.17) is 5.11 Å². The first-order valence-electron chi connectivity index (χ1n) is 4.94. The molecular weight excluding hydrogens is 233 g/mol. The average molecular weight is 242 g/mol. The third-order valence-electron chi connectivity index (χ3n) is 2.29. The summed E-state index contributed by atoms with van der Waals surface area (Å²) in [6.45, 7) is -0.0911. The molecule has 0 unspecified atom stereocenters. The Hall–Kier alpha value is -1.69. The van der Waals surface area contributed by atoms with Crippen LogP contribution in [0.25, 0.3) is 10.9 Å². The van der Waals surface area contributed by atoms with Crippen molar-refractivity contribution in [1.29, 1.82) is 0 Å². The zero-order valence-electron chi connectivity index (χ0n) is 8.70. The van der Waals surface area contributed by atoms with Gasteiger partial charge in [0.05, 0.1) is 17.7 Å². The van der Waals surface area contributed by atoms with Crippen molar-refractivity contribution < 1.29 is 18.3 Å². The normalized spacial score (nSPS) is 12.0. The summed E-state index contributed by atoms with van der Waals surface area (Å²) < 4.78 is 37.3. The molecule has 0 spiro atoms. The maximum absolute atomic E-state index is 12.4. The topological polar surface area (TPSA) is 46.0 Å². The molecule has 1 N–H and O–H groups in total. The predicted molar refractivity (Wildman–Crippen MR) is 55.3 cm³/mol. The van der Waals surface area contributed by atoms with Gasteiger partial charge in [0, 0.05) is 18.0 Å². The number of benzene rings is 1. The minimum absolute atomic E-state index is 0.0911. The highest BCUT2D eigenvalue weighted by atomic mass is 19.4. The second-order valence-corrected chi connectivity index (χ2v) is 3.53. The molecule has 1 heterocycles. The van der Waals surface area contributed by atoms with Gasteiger partial charge < -0.3 is 5.11 Å². The fourth-order valence-corrected chi connectivity index (χ4v) is 1.47. The van der Waals surface area contributed by atoms with Gasteiger partial charge in [-0.1, -0.05) is 0 Å². The third-order valence-corrected chi connectivity index (χ3v) is 2.29. The first-order valence-corrected chi connectivity index (χ1v) is 4.94. The molecule has 3 nitrogen and oxygen atoms in total. The average Bonchev–Trinajstić information content (AvgIpc) is 2.27. The SMILES string of the molecule is OCCc1ncc2cc(C(F)(F)F)ccc2n1. The summed E-state index contributed by atoms with van der Waals surface area (Å²) in [6.07, 6.45) is -2.74. The fourth-order valence-electron chi connectivity index (χ4n) is 1.47. The number of aliphatic hydroxyl groups is 1. The van der Waals surface area contributed by atoms with E-state index in [9.17, 15) is 13.2 Å². The number of rotatable bonds is 2. The molecule has 1 aromatic heterocycles. The smallest absolute Gasteiger partial charge is 0.396 e. The van der Waals surface area contributed by atoms with Crippen molar-refractivity contribution in [2.24, 2.45) is 0 Å². The van der Waals surface area contributed by atoms with Gasteiger partial charge >= 0.3 is 6.18 Å². The molecule has 0 fully saturated rings. The number of fused-ring (bicyclic) bond motifs is 1. The first-order chi connectivity index (χ1) is 8.00. The Morgan fingerprint density at radius 3 is 2.65 bits per heavy atom. The lowest BCUT2D eigenvalue weighted by molar-refractivity contribution is -0.137. The summed E-state index contributed by atoms with van der Waals surface area (Å²) in [5.74, 6) is 0.416. The van der Waals surface area contributed by atoms with Crippen molar-refractivity contribution >= 4 is 10.9 Å². The maximum atomic E-state index is 12.4. The summed E-state index contributed by atoms with van der Waals surface area (Å²) in [6, 6.07) is 3.30. The molecule has 2 rings (SSSR count). The van der Waals surface area contributed by atoms with Crippen LogP contribution in [0.1, 0.15) is 11.4 Å². The maximum Gasteiger partial charge on any atom is 0.416 e. The molecule has 0 saturated carbocycles. The highest BCUT2D eigenvalue weighted by molar-refractivity contribution is 5.78. The highest BCUT2D eigenvalue weighted by Crippen LogP contribution is 2.30. The van der Waals surface area contributed by atoms with Gasteiger partial charge in [0.1, 0.15) is 5.82 Å². The van der Waals surface area contributed by atoms with Crippen molar-refractivity contribution in [3.05, 3.63) is 35.8 Å². The third kappa shape index (κ3) is 2.52. The molecule has 17 heavy (non-hydrogen) atoms. The number of aromatic nitrogens is 2. The van der Waals surface area contributed by atoms with Crippen LogP contribution in [0.15, 0.2) is 24.4 Å². The summed E-state index contributed by atoms with van der Waals surface area (Å²) in [4.78, 5) is 7.93. The quantitative estimate of drug-likeness (QED) is 0.877. The summed E-state index contributed by atoms with van der Waals surface area (Å²) in [7, 11) is 0. The van der Waals surface area contributed by atoms with Crippen molar-refractivity contribution in [2.45, 2.75) is 12.6 Å². The van der Waals surface area contributed by atoms with Crippen LogP contribution in [0.3, 0.4) is 0 Å². The van der Waals surface area contributed by atoms with E-state index in [1.54, 1.807) is 0 Å². The lowest BCUT2D eigenvalue weighted by Crippen LogP contribution is -2.05. The van der Waals surface area contributed by atoms with Crippen LogP contribution in [0, 0.1) is 0 Å². The van der Waals surface area contributed by atoms with Gasteiger partial charge in [-0.15, -0.1) is 0 Å². The van der Waals surface area contributed by atoms with Crippen molar-refractivity contribution in [1.82, 2.24) is 9.97 Å². The Labute approximate surface area is 94.9 Å². The lowest BCUT2D eigenvalue weighted by atomic mass is 10.1. The minimum Gasteiger partial charge on any atom is -0.396 e. The van der Waals surface area contributed by atoms with Crippen LogP contribution in [-0.4, -0.2) is 21.7 Å². The van der Waals surface area contributed by atoms with E-state index in [1.165, 1.54) is 12.3 Å². The fraction of sp³-hybridized carbons (Fsp3) is 0.273. The van der Waals surface area contributed by atoms with Gasteiger partial charge in [-0.05, 0) is 18.2 Å². The van der Waals surface area contributed by atoms with Crippen LogP contribution in [0.2, 0.25) is 0 Å². The number of hydrogen-bond donors (Lipinski definition) is 1. The number of alkyl halides is 3. The van der Waals surface area contributed by atoms with Gasteiger partial charge in [0.15, 0.2) is 0 Å². The van der Waals surface area contributed by atoms with E-state index in [1.807, 2.05) is 0 Å². The number of aliphatic hydroxyl groups excluding tert-OH is 1. The number of halogens is 3. The second kappa shape index (κ2) is 4.29. The van der Waals surface area contributed by atoms with E-state index < -0.39 is 11.7 Å². The van der Waals surface area contributed by atoms with Gasteiger partial charge in [-0.25, -0.2) is 9.97 Å². The second-order valence-electron chi connectivity index (χ2n) is 3.53. The molecule has 0 bridgehead atoms. The molecule has 0 amide bonds. The zero-order chi connectivity index (χ0) is 12.5. The van der Waals surface area contributed by atoms with Gasteiger partial charge in [-0.3, -0.25) is 0 Å². The van der Waals surface area contributed by atoms with Crippen LogP contribution >= 0.6 is 0 Å². The van der Waals surface area contributed by atoms with E-state index >= 15 is 0 Å². The summed E-state index contributed by atoms with van der Waals surface area (Å²) >= 11 is 0. The van der Waals surface area contributed by atoms with Crippen molar-refractivity contribution in [3.63, 3.8) is 0 Å². The molecule has 0 aliphatic carbocycles. The Bertz CT molecular complexity index is 540. The molecule has 0 aliphatic rings. The van der Waals surface area contributed by atoms with Crippen LogP contribution in [0.4, 0.5) is 13.2 Å².